The van der Waals surface area contributed by atoms with Crippen LogP contribution < -0.4 is 14.8 Å². The summed E-state index contributed by atoms with van der Waals surface area (Å²) in [6, 6.07) is 11.9. The largest absolute Gasteiger partial charge is 0.497 e. The lowest BCUT2D eigenvalue weighted by Gasteiger charge is -2.23. The van der Waals surface area contributed by atoms with E-state index < -0.39 is 0 Å². The van der Waals surface area contributed by atoms with Crippen LogP contribution in [0.5, 0.6) is 11.5 Å². The molecule has 0 radical (unpaired) electrons. The molecule has 2 heterocycles. The average Bonchev–Trinajstić information content (AvgIpc) is 3.14. The summed E-state index contributed by atoms with van der Waals surface area (Å²) in [5.41, 5.74) is 4.12. The molecule has 0 spiro atoms. The summed E-state index contributed by atoms with van der Waals surface area (Å²) >= 11 is 0. The Bertz CT molecular complexity index is 1070. The van der Waals surface area contributed by atoms with Crippen molar-refractivity contribution in [2.45, 2.75) is 33.9 Å². The fourth-order valence-corrected chi connectivity index (χ4v) is 3.45. The van der Waals surface area contributed by atoms with Gasteiger partial charge in [-0.3, -0.25) is 0 Å². The Kier molecular flexibility index (Phi) is 9.95. The highest BCUT2D eigenvalue weighted by molar-refractivity contribution is 14.0. The molecule has 0 amide bonds. The van der Waals surface area contributed by atoms with Crippen LogP contribution in [0, 0.1) is 13.8 Å². The first-order chi connectivity index (χ1) is 15.4. The molecule has 1 aromatic carbocycles. The summed E-state index contributed by atoms with van der Waals surface area (Å²) < 4.78 is 12.7. The quantitative estimate of drug-likeness (QED) is 0.252. The zero-order valence-electron chi connectivity index (χ0n) is 20.1. The second-order valence-electron chi connectivity index (χ2n) is 7.57. The van der Waals surface area contributed by atoms with Crippen molar-refractivity contribution < 1.29 is 9.47 Å². The highest BCUT2D eigenvalue weighted by Crippen LogP contribution is 2.25. The average molecular weight is 564 g/mol. The van der Waals surface area contributed by atoms with Crippen molar-refractivity contribution in [3.63, 3.8) is 0 Å². The van der Waals surface area contributed by atoms with E-state index in [2.05, 4.69) is 27.2 Å². The summed E-state index contributed by atoms with van der Waals surface area (Å²) in [5, 5.41) is 7.84. The van der Waals surface area contributed by atoms with Crippen LogP contribution in [0.2, 0.25) is 0 Å². The van der Waals surface area contributed by atoms with Crippen LogP contribution in [-0.4, -0.2) is 53.4 Å². The maximum Gasteiger partial charge on any atom is 0.194 e. The van der Waals surface area contributed by atoms with Gasteiger partial charge < -0.3 is 19.7 Å². The van der Waals surface area contributed by atoms with Crippen LogP contribution in [0.3, 0.4) is 0 Å². The fraction of sp³-hybridized carbons (Fsp3) is 0.375. The molecule has 0 saturated heterocycles. The zero-order chi connectivity index (χ0) is 23.1. The van der Waals surface area contributed by atoms with Crippen molar-refractivity contribution in [2.75, 3.05) is 27.8 Å². The Hall–Kier alpha value is -2.82. The number of methoxy groups -OCH3 is 2. The molecule has 2 aromatic heterocycles. The van der Waals surface area contributed by atoms with Gasteiger partial charge in [0, 0.05) is 43.7 Å². The zero-order valence-corrected chi connectivity index (χ0v) is 22.5. The van der Waals surface area contributed by atoms with Crippen molar-refractivity contribution in [3.8, 4) is 17.3 Å². The van der Waals surface area contributed by atoms with Crippen LogP contribution in [0.4, 0.5) is 0 Å². The normalized spacial score (nSPS) is 11.0. The maximum atomic E-state index is 5.53. The molecule has 0 saturated carbocycles. The van der Waals surface area contributed by atoms with E-state index in [1.165, 1.54) is 0 Å². The second-order valence-corrected chi connectivity index (χ2v) is 7.57. The predicted molar refractivity (Wildman–Crippen MR) is 142 cm³/mol. The Morgan fingerprint density at radius 2 is 1.91 bits per heavy atom. The number of rotatable bonds is 8. The number of ether oxygens (including phenoxy) is 2. The van der Waals surface area contributed by atoms with Crippen molar-refractivity contribution in [1.82, 2.24) is 25.0 Å². The molecule has 33 heavy (non-hydrogen) atoms. The minimum Gasteiger partial charge on any atom is -0.497 e. The van der Waals surface area contributed by atoms with Crippen molar-refractivity contribution >= 4 is 29.9 Å². The van der Waals surface area contributed by atoms with Crippen molar-refractivity contribution in [3.05, 3.63) is 65.1 Å². The number of halogens is 1. The topological polar surface area (TPSA) is 76.8 Å². The molecule has 0 fully saturated rings. The van der Waals surface area contributed by atoms with Gasteiger partial charge in [-0.05, 0) is 50.6 Å². The number of nitrogens with one attached hydrogen (secondary N) is 1. The second kappa shape index (κ2) is 12.4. The van der Waals surface area contributed by atoms with Gasteiger partial charge in [-0.15, -0.1) is 24.0 Å². The smallest absolute Gasteiger partial charge is 0.194 e. The first kappa shape index (κ1) is 26.4. The van der Waals surface area contributed by atoms with E-state index in [-0.39, 0.29) is 24.0 Å². The van der Waals surface area contributed by atoms with Crippen LogP contribution in [0.1, 0.15) is 29.4 Å². The predicted octanol–water partition coefficient (Wildman–Crippen LogP) is 4.12. The van der Waals surface area contributed by atoms with Crippen molar-refractivity contribution in [2.24, 2.45) is 4.99 Å². The highest BCUT2D eigenvalue weighted by atomic mass is 127. The molecule has 0 aliphatic heterocycles. The van der Waals surface area contributed by atoms with E-state index in [1.54, 1.807) is 14.2 Å². The SMILES string of the molecule is CCNC(=NCc1ccc(-n2nc(C)cc2C)nc1)N(C)Cc1ccc(OC)cc1OC.I. The van der Waals surface area contributed by atoms with Gasteiger partial charge in [0.05, 0.1) is 26.5 Å². The van der Waals surface area contributed by atoms with Gasteiger partial charge in [-0.2, -0.15) is 5.10 Å². The molecule has 0 unspecified atom stereocenters. The van der Waals surface area contributed by atoms with Crippen LogP contribution >= 0.6 is 24.0 Å². The van der Waals surface area contributed by atoms with Gasteiger partial charge in [0.2, 0.25) is 0 Å². The Labute approximate surface area is 213 Å². The molecule has 0 aliphatic rings. The molecule has 0 atom stereocenters. The molecular weight excluding hydrogens is 531 g/mol. The number of benzene rings is 1. The highest BCUT2D eigenvalue weighted by Gasteiger charge is 2.12. The minimum atomic E-state index is 0. The number of hydrogen-bond acceptors (Lipinski definition) is 5. The lowest BCUT2D eigenvalue weighted by atomic mass is 10.2. The van der Waals surface area contributed by atoms with Crippen LogP contribution in [0.15, 0.2) is 47.6 Å². The number of nitrogens with zero attached hydrogens (tertiary/aromatic N) is 5. The third-order valence-electron chi connectivity index (χ3n) is 5.05. The molecular formula is C24H33IN6O2. The number of aromatic nitrogens is 3. The molecule has 1 N–H and O–H groups in total. The fourth-order valence-electron chi connectivity index (χ4n) is 3.45. The van der Waals surface area contributed by atoms with Gasteiger partial charge in [-0.25, -0.2) is 14.7 Å². The Balaban J connectivity index is 0.00000385. The number of pyridine rings is 1. The van der Waals surface area contributed by atoms with Gasteiger partial charge in [0.15, 0.2) is 11.8 Å². The Morgan fingerprint density at radius 3 is 2.48 bits per heavy atom. The molecule has 8 nitrogen and oxygen atoms in total. The molecule has 0 aliphatic carbocycles. The minimum absolute atomic E-state index is 0. The third kappa shape index (κ3) is 6.83. The van der Waals surface area contributed by atoms with E-state index in [0.717, 1.165) is 52.3 Å². The summed E-state index contributed by atoms with van der Waals surface area (Å²) in [4.78, 5) is 11.4. The summed E-state index contributed by atoms with van der Waals surface area (Å²) in [6.45, 7) is 8.01. The summed E-state index contributed by atoms with van der Waals surface area (Å²) in [6.07, 6.45) is 1.85. The first-order valence-corrected chi connectivity index (χ1v) is 10.6. The number of aryl methyl sites for hydroxylation is 2. The van der Waals surface area contributed by atoms with E-state index in [9.17, 15) is 0 Å². The molecule has 9 heteroatoms. The number of aliphatic imine (C=N–C) groups is 1. The van der Waals surface area contributed by atoms with E-state index in [0.29, 0.717) is 13.1 Å². The molecule has 3 aromatic rings. The number of hydrogen-bond donors (Lipinski definition) is 1. The summed E-state index contributed by atoms with van der Waals surface area (Å²) in [5.74, 6) is 3.17. The molecule has 3 rings (SSSR count). The van der Waals surface area contributed by atoms with E-state index in [4.69, 9.17) is 14.5 Å². The van der Waals surface area contributed by atoms with Crippen LogP contribution in [-0.2, 0) is 13.1 Å². The molecule has 178 valence electrons. The van der Waals surface area contributed by atoms with Gasteiger partial charge in [0.25, 0.3) is 0 Å². The lowest BCUT2D eigenvalue weighted by molar-refractivity contribution is 0.382. The third-order valence-corrected chi connectivity index (χ3v) is 5.05. The first-order valence-electron chi connectivity index (χ1n) is 10.6. The standard InChI is InChI=1S/C24H32N6O2.HI/c1-7-25-24(29(4)16-20-9-10-21(31-5)13-22(20)32-6)27-15-19-8-11-23(26-14-19)30-18(3)12-17(2)28-30;/h8-14H,7,15-16H2,1-6H3,(H,25,27);1H. The maximum absolute atomic E-state index is 5.53. The summed E-state index contributed by atoms with van der Waals surface area (Å²) in [7, 11) is 5.32. The van der Waals surface area contributed by atoms with Gasteiger partial charge in [-0.1, -0.05) is 6.07 Å². The lowest BCUT2D eigenvalue weighted by Crippen LogP contribution is -2.38. The number of guanidine groups is 1. The van der Waals surface area contributed by atoms with E-state index >= 15 is 0 Å². The molecule has 0 bridgehead atoms. The van der Waals surface area contributed by atoms with E-state index in [1.807, 2.05) is 68.2 Å². The van der Waals surface area contributed by atoms with Gasteiger partial charge >= 0.3 is 0 Å². The Morgan fingerprint density at radius 1 is 1.12 bits per heavy atom. The van der Waals surface area contributed by atoms with Gasteiger partial charge in [0.1, 0.15) is 11.5 Å². The van der Waals surface area contributed by atoms with Crippen molar-refractivity contribution in [1.29, 1.82) is 0 Å². The van der Waals surface area contributed by atoms with Crippen LogP contribution in [0.25, 0.3) is 5.82 Å². The monoisotopic (exact) mass is 564 g/mol.